The monoisotopic (exact) mass is 398 g/mol. The molecule has 1 aliphatic carbocycles. The zero-order chi connectivity index (χ0) is 20.8. The Bertz CT molecular complexity index is 768. The van der Waals surface area contributed by atoms with Crippen molar-refractivity contribution in [3.05, 3.63) is 29.8 Å². The van der Waals surface area contributed by atoms with Crippen LogP contribution in [0, 0.1) is 23.2 Å². The lowest BCUT2D eigenvalue weighted by atomic mass is 9.77. The summed E-state index contributed by atoms with van der Waals surface area (Å²) in [6, 6.07) is 8.54. The first-order chi connectivity index (χ1) is 14.0. The van der Waals surface area contributed by atoms with Crippen LogP contribution in [-0.2, 0) is 9.59 Å². The summed E-state index contributed by atoms with van der Waals surface area (Å²) in [6.07, 6.45) is 3.30. The summed E-state index contributed by atoms with van der Waals surface area (Å²) in [7, 11) is 3.60. The lowest BCUT2D eigenvalue weighted by molar-refractivity contribution is -0.145. The van der Waals surface area contributed by atoms with Crippen LogP contribution in [0.3, 0.4) is 0 Å². The maximum Gasteiger partial charge on any atom is 0.226 e. The minimum Gasteiger partial charge on any atom is -0.496 e. The fourth-order valence-corrected chi connectivity index (χ4v) is 4.34. The number of piperazine rings is 1. The SMILES string of the molecule is COc1ccccc1C(C#N)NC(=O)[C@H]1CCCC[C@@H]1C(=O)N1CCN(C)CC1. The number of hydrogen-bond donors (Lipinski definition) is 1. The normalized spacial score (nSPS) is 23.7. The number of hydrogen-bond acceptors (Lipinski definition) is 5. The Labute approximate surface area is 172 Å². The Morgan fingerprint density at radius 2 is 1.79 bits per heavy atom. The second-order valence-corrected chi connectivity index (χ2v) is 7.94. The van der Waals surface area contributed by atoms with E-state index in [-0.39, 0.29) is 23.7 Å². The van der Waals surface area contributed by atoms with Gasteiger partial charge in [0.1, 0.15) is 11.8 Å². The number of nitrogens with one attached hydrogen (secondary N) is 1. The maximum absolute atomic E-state index is 13.1. The van der Waals surface area contributed by atoms with Crippen LogP contribution in [0.25, 0.3) is 0 Å². The second kappa shape index (κ2) is 9.75. The molecule has 1 saturated carbocycles. The number of methoxy groups -OCH3 is 1. The van der Waals surface area contributed by atoms with Gasteiger partial charge in [-0.05, 0) is 26.0 Å². The minimum atomic E-state index is -0.806. The molecular formula is C22H30N4O3. The molecule has 1 aromatic rings. The number of para-hydroxylation sites is 1. The third-order valence-electron chi connectivity index (χ3n) is 6.10. The van der Waals surface area contributed by atoms with Crippen molar-refractivity contribution in [2.75, 3.05) is 40.3 Å². The fourth-order valence-electron chi connectivity index (χ4n) is 4.34. The summed E-state index contributed by atoms with van der Waals surface area (Å²) < 4.78 is 5.34. The molecule has 1 saturated heterocycles. The van der Waals surface area contributed by atoms with Gasteiger partial charge in [-0.3, -0.25) is 9.59 Å². The number of ether oxygens (including phenoxy) is 1. The molecule has 0 radical (unpaired) electrons. The van der Waals surface area contributed by atoms with Crippen LogP contribution in [-0.4, -0.2) is 62.0 Å². The Morgan fingerprint density at radius 3 is 2.45 bits per heavy atom. The van der Waals surface area contributed by atoms with Crippen LogP contribution in [0.4, 0.5) is 0 Å². The van der Waals surface area contributed by atoms with Gasteiger partial charge < -0.3 is 19.9 Å². The Kier molecular flexibility index (Phi) is 7.10. The van der Waals surface area contributed by atoms with Crippen molar-refractivity contribution in [1.29, 1.82) is 5.26 Å². The number of rotatable bonds is 5. The highest BCUT2D eigenvalue weighted by molar-refractivity contribution is 5.88. The molecule has 1 aromatic carbocycles. The summed E-state index contributed by atoms with van der Waals surface area (Å²) in [6.45, 7) is 3.14. The van der Waals surface area contributed by atoms with Gasteiger partial charge in [0.2, 0.25) is 11.8 Å². The van der Waals surface area contributed by atoms with E-state index in [1.807, 2.05) is 17.0 Å². The van der Waals surface area contributed by atoms with Gasteiger partial charge in [0.05, 0.1) is 13.2 Å². The van der Waals surface area contributed by atoms with Crippen molar-refractivity contribution >= 4 is 11.8 Å². The number of nitriles is 1. The average molecular weight is 399 g/mol. The van der Waals surface area contributed by atoms with Gasteiger partial charge in [-0.1, -0.05) is 31.0 Å². The molecule has 7 heteroatoms. The molecular weight excluding hydrogens is 368 g/mol. The van der Waals surface area contributed by atoms with Gasteiger partial charge in [-0.25, -0.2) is 0 Å². The van der Waals surface area contributed by atoms with E-state index >= 15 is 0 Å². The Morgan fingerprint density at radius 1 is 1.14 bits per heavy atom. The summed E-state index contributed by atoms with van der Waals surface area (Å²) in [5.41, 5.74) is 0.628. The average Bonchev–Trinajstić information content (AvgIpc) is 2.77. The van der Waals surface area contributed by atoms with Crippen molar-refractivity contribution in [2.24, 2.45) is 11.8 Å². The summed E-state index contributed by atoms with van der Waals surface area (Å²) in [5, 5.41) is 12.5. The first-order valence-corrected chi connectivity index (χ1v) is 10.4. The zero-order valence-corrected chi connectivity index (χ0v) is 17.3. The maximum atomic E-state index is 13.1. The van der Waals surface area contributed by atoms with Crippen LogP contribution in [0.5, 0.6) is 5.75 Å². The summed E-state index contributed by atoms with van der Waals surface area (Å²) in [5.74, 6) is -0.253. The molecule has 1 aliphatic heterocycles. The molecule has 0 bridgehead atoms. The number of carbonyl (C=O) groups is 2. The predicted molar refractivity (Wildman–Crippen MR) is 109 cm³/mol. The molecule has 1 N–H and O–H groups in total. The molecule has 3 atom stereocenters. The third-order valence-corrected chi connectivity index (χ3v) is 6.10. The predicted octanol–water partition coefficient (Wildman–Crippen LogP) is 1.96. The lowest BCUT2D eigenvalue weighted by Gasteiger charge is -2.38. The van der Waals surface area contributed by atoms with Crippen LogP contribution in [0.2, 0.25) is 0 Å². The van der Waals surface area contributed by atoms with E-state index in [0.717, 1.165) is 32.4 Å². The number of nitrogens with zero attached hydrogens (tertiary/aromatic N) is 3. The van der Waals surface area contributed by atoms with Gasteiger partial charge in [0, 0.05) is 43.6 Å². The first-order valence-electron chi connectivity index (χ1n) is 10.4. The standard InChI is InChI=1S/C22H30N4O3/c1-25-11-13-26(14-12-25)22(28)17-8-4-3-7-16(17)21(27)24-19(15-23)18-9-5-6-10-20(18)29-2/h5-6,9-10,16-17,19H,3-4,7-8,11-14H2,1-2H3,(H,24,27)/t16-,17-,19?/m0/s1. The van der Waals surface area contributed by atoms with E-state index < -0.39 is 6.04 Å². The van der Waals surface area contributed by atoms with E-state index in [1.54, 1.807) is 19.2 Å². The van der Waals surface area contributed by atoms with E-state index in [2.05, 4.69) is 23.3 Å². The fraction of sp³-hybridized carbons (Fsp3) is 0.591. The van der Waals surface area contributed by atoms with E-state index in [4.69, 9.17) is 4.74 Å². The number of benzene rings is 1. The van der Waals surface area contributed by atoms with Crippen LogP contribution < -0.4 is 10.1 Å². The van der Waals surface area contributed by atoms with Gasteiger partial charge in [-0.2, -0.15) is 5.26 Å². The number of carbonyl (C=O) groups excluding carboxylic acids is 2. The van der Waals surface area contributed by atoms with Crippen LogP contribution in [0.15, 0.2) is 24.3 Å². The zero-order valence-electron chi connectivity index (χ0n) is 17.3. The summed E-state index contributed by atoms with van der Waals surface area (Å²) in [4.78, 5) is 30.4. The highest BCUT2D eigenvalue weighted by Crippen LogP contribution is 2.33. The van der Waals surface area contributed by atoms with Crippen molar-refractivity contribution in [2.45, 2.75) is 31.7 Å². The molecule has 0 spiro atoms. The van der Waals surface area contributed by atoms with Gasteiger partial charge in [0.15, 0.2) is 0 Å². The molecule has 2 aliphatic rings. The topological polar surface area (TPSA) is 85.7 Å². The van der Waals surface area contributed by atoms with Gasteiger partial charge in [0.25, 0.3) is 0 Å². The molecule has 156 valence electrons. The van der Waals surface area contributed by atoms with Crippen molar-refractivity contribution in [1.82, 2.24) is 15.1 Å². The smallest absolute Gasteiger partial charge is 0.226 e. The molecule has 0 aromatic heterocycles. The van der Waals surface area contributed by atoms with E-state index in [9.17, 15) is 14.9 Å². The van der Waals surface area contributed by atoms with Gasteiger partial charge >= 0.3 is 0 Å². The molecule has 2 fully saturated rings. The molecule has 2 amide bonds. The quantitative estimate of drug-likeness (QED) is 0.819. The van der Waals surface area contributed by atoms with E-state index in [1.165, 1.54) is 0 Å². The number of likely N-dealkylation sites (N-methyl/N-ethyl adjacent to an activating group) is 1. The summed E-state index contributed by atoms with van der Waals surface area (Å²) >= 11 is 0. The van der Waals surface area contributed by atoms with Gasteiger partial charge in [-0.15, -0.1) is 0 Å². The molecule has 1 unspecified atom stereocenters. The first kappa shape index (κ1) is 21.1. The lowest BCUT2D eigenvalue weighted by Crippen LogP contribution is -2.52. The van der Waals surface area contributed by atoms with Crippen molar-refractivity contribution in [3.63, 3.8) is 0 Å². The van der Waals surface area contributed by atoms with Crippen LogP contribution >= 0.6 is 0 Å². The largest absolute Gasteiger partial charge is 0.496 e. The second-order valence-electron chi connectivity index (χ2n) is 7.94. The molecule has 3 rings (SSSR count). The van der Waals surface area contributed by atoms with Crippen molar-refractivity contribution in [3.8, 4) is 11.8 Å². The van der Waals surface area contributed by atoms with E-state index in [0.29, 0.717) is 30.8 Å². The van der Waals surface area contributed by atoms with Crippen LogP contribution in [0.1, 0.15) is 37.3 Å². The third kappa shape index (κ3) is 4.88. The Hall–Kier alpha value is -2.59. The Balaban J connectivity index is 1.72. The number of amides is 2. The highest BCUT2D eigenvalue weighted by atomic mass is 16.5. The molecule has 1 heterocycles. The highest BCUT2D eigenvalue weighted by Gasteiger charge is 2.39. The van der Waals surface area contributed by atoms with Crippen molar-refractivity contribution < 1.29 is 14.3 Å². The molecule has 7 nitrogen and oxygen atoms in total. The minimum absolute atomic E-state index is 0.0868. The molecule has 29 heavy (non-hydrogen) atoms.